The van der Waals surface area contributed by atoms with E-state index in [9.17, 15) is 9.59 Å². The van der Waals surface area contributed by atoms with Gasteiger partial charge in [0.1, 0.15) is 22.9 Å². The van der Waals surface area contributed by atoms with Crippen LogP contribution < -0.4 is 10.1 Å². The van der Waals surface area contributed by atoms with Crippen molar-refractivity contribution >= 4 is 63.2 Å². The Balaban J connectivity index is 1.45. The van der Waals surface area contributed by atoms with E-state index in [0.29, 0.717) is 49.4 Å². The van der Waals surface area contributed by atoms with Crippen LogP contribution in [-0.2, 0) is 22.7 Å². The number of nitrogens with zero attached hydrogens (tertiary/aromatic N) is 3. The highest BCUT2D eigenvalue weighted by molar-refractivity contribution is 7.99. The monoisotopic (exact) mass is 602 g/mol. The molecule has 2 heterocycles. The van der Waals surface area contributed by atoms with Crippen molar-refractivity contribution in [3.8, 4) is 16.9 Å². The Labute approximate surface area is 243 Å². The van der Waals surface area contributed by atoms with Crippen LogP contribution >= 0.6 is 46.3 Å². The number of ether oxygens (including phenoxy) is 2. The minimum atomic E-state index is -0.490. The van der Waals surface area contributed by atoms with E-state index in [2.05, 4.69) is 22.1 Å². The lowest BCUT2D eigenvalue weighted by Crippen LogP contribution is -2.17. The standard InChI is InChI=1S/C27H24Cl2N4O4S2/c1-3-12-33-22(14-37-21-13-18(28)10-11-20(21)29)31-32-27(33)39-16-23(34)30-25-24(26(35)36-4-2)19(15-38-25)17-8-6-5-7-9-17/h3,5-11,13,15H,1,4,12,14,16H2,2H3,(H,30,34). The Kier molecular flexibility index (Phi) is 10.0. The van der Waals surface area contributed by atoms with Gasteiger partial charge in [0.2, 0.25) is 5.91 Å². The molecule has 4 aromatic rings. The third kappa shape index (κ3) is 7.21. The number of thioether (sulfide) groups is 1. The van der Waals surface area contributed by atoms with E-state index in [1.165, 1.54) is 23.1 Å². The largest absolute Gasteiger partial charge is 0.484 e. The molecular formula is C27H24Cl2N4O4S2. The average Bonchev–Trinajstić information content (AvgIpc) is 3.52. The number of anilines is 1. The molecular weight excluding hydrogens is 579 g/mol. The Bertz CT molecular complexity index is 1470. The summed E-state index contributed by atoms with van der Waals surface area (Å²) in [6, 6.07) is 14.4. The second-order valence-electron chi connectivity index (χ2n) is 7.94. The number of esters is 1. The zero-order valence-electron chi connectivity index (χ0n) is 20.9. The number of rotatable bonds is 12. The molecule has 0 fully saturated rings. The molecule has 0 saturated carbocycles. The molecule has 39 heavy (non-hydrogen) atoms. The van der Waals surface area contributed by atoms with E-state index in [1.807, 2.05) is 35.7 Å². The quantitative estimate of drug-likeness (QED) is 0.106. The first-order valence-corrected chi connectivity index (χ1v) is 14.4. The molecule has 4 rings (SSSR count). The lowest BCUT2D eigenvalue weighted by molar-refractivity contribution is -0.113. The third-order valence-electron chi connectivity index (χ3n) is 5.30. The average molecular weight is 604 g/mol. The highest BCUT2D eigenvalue weighted by Crippen LogP contribution is 2.36. The van der Waals surface area contributed by atoms with Gasteiger partial charge in [-0.3, -0.25) is 9.36 Å². The molecule has 1 N–H and O–H groups in total. The first-order chi connectivity index (χ1) is 18.9. The van der Waals surface area contributed by atoms with Gasteiger partial charge in [0.05, 0.1) is 17.4 Å². The highest BCUT2D eigenvalue weighted by atomic mass is 35.5. The number of allylic oxidation sites excluding steroid dienone is 1. The van der Waals surface area contributed by atoms with Gasteiger partial charge < -0.3 is 14.8 Å². The maximum atomic E-state index is 12.9. The first-order valence-electron chi connectivity index (χ1n) is 11.8. The lowest BCUT2D eigenvalue weighted by atomic mass is 10.0. The Morgan fingerprint density at radius 2 is 1.97 bits per heavy atom. The van der Waals surface area contributed by atoms with E-state index in [4.69, 9.17) is 32.7 Å². The van der Waals surface area contributed by atoms with Crippen LogP contribution in [0.3, 0.4) is 0 Å². The number of carbonyl (C=O) groups excluding carboxylic acids is 2. The SMILES string of the molecule is C=CCn1c(COc2cc(Cl)ccc2Cl)nnc1SCC(=O)Nc1scc(-c2ccccc2)c1C(=O)OCC. The molecule has 0 unspecified atom stereocenters. The van der Waals surface area contributed by atoms with Crippen molar-refractivity contribution < 1.29 is 19.1 Å². The van der Waals surface area contributed by atoms with Gasteiger partial charge >= 0.3 is 5.97 Å². The second-order valence-corrected chi connectivity index (χ2v) is 10.6. The van der Waals surface area contributed by atoms with Crippen molar-refractivity contribution in [1.82, 2.24) is 14.8 Å². The molecule has 0 atom stereocenters. The minimum Gasteiger partial charge on any atom is -0.484 e. The van der Waals surface area contributed by atoms with Crippen molar-refractivity contribution in [2.45, 2.75) is 25.2 Å². The zero-order chi connectivity index (χ0) is 27.8. The predicted molar refractivity (Wildman–Crippen MR) is 156 cm³/mol. The van der Waals surface area contributed by atoms with Crippen LogP contribution in [0.5, 0.6) is 5.75 Å². The van der Waals surface area contributed by atoms with Crippen molar-refractivity contribution in [3.63, 3.8) is 0 Å². The molecule has 0 aliphatic carbocycles. The Morgan fingerprint density at radius 3 is 2.72 bits per heavy atom. The molecule has 0 saturated heterocycles. The van der Waals surface area contributed by atoms with Crippen LogP contribution in [0.1, 0.15) is 23.1 Å². The highest BCUT2D eigenvalue weighted by Gasteiger charge is 2.23. The van der Waals surface area contributed by atoms with Gasteiger partial charge in [-0.1, -0.05) is 71.4 Å². The molecule has 12 heteroatoms. The van der Waals surface area contributed by atoms with E-state index in [1.54, 1.807) is 35.8 Å². The maximum absolute atomic E-state index is 12.9. The normalized spacial score (nSPS) is 10.7. The van der Waals surface area contributed by atoms with Crippen LogP contribution in [0, 0.1) is 0 Å². The van der Waals surface area contributed by atoms with Crippen LogP contribution in [0.2, 0.25) is 10.0 Å². The van der Waals surface area contributed by atoms with Gasteiger partial charge in [0.25, 0.3) is 0 Å². The number of amides is 1. The fourth-order valence-electron chi connectivity index (χ4n) is 3.55. The summed E-state index contributed by atoms with van der Waals surface area (Å²) in [6.45, 7) is 6.26. The number of hydrogen-bond donors (Lipinski definition) is 1. The number of nitrogens with one attached hydrogen (secondary N) is 1. The van der Waals surface area contributed by atoms with E-state index in [-0.39, 0.29) is 24.9 Å². The van der Waals surface area contributed by atoms with Gasteiger partial charge in [0, 0.05) is 28.6 Å². The molecule has 0 spiro atoms. The Hall–Kier alpha value is -3.31. The summed E-state index contributed by atoms with van der Waals surface area (Å²) in [5, 5.41) is 15.0. The fraction of sp³-hybridized carbons (Fsp3) is 0.185. The number of hydrogen-bond acceptors (Lipinski definition) is 8. The number of halogens is 2. The van der Waals surface area contributed by atoms with Gasteiger partial charge in [0.15, 0.2) is 11.0 Å². The molecule has 2 aromatic carbocycles. The molecule has 0 bridgehead atoms. The summed E-state index contributed by atoms with van der Waals surface area (Å²) in [5.41, 5.74) is 1.90. The fourth-order valence-corrected chi connectivity index (χ4v) is 5.63. The molecule has 0 aliphatic heterocycles. The van der Waals surface area contributed by atoms with Crippen LogP contribution in [0.15, 0.2) is 71.7 Å². The molecule has 0 aliphatic rings. The summed E-state index contributed by atoms with van der Waals surface area (Å²) in [4.78, 5) is 25.7. The van der Waals surface area contributed by atoms with Gasteiger partial charge in [-0.2, -0.15) is 0 Å². The summed E-state index contributed by atoms with van der Waals surface area (Å²) >= 11 is 14.7. The van der Waals surface area contributed by atoms with Crippen LogP contribution in [0.25, 0.3) is 11.1 Å². The predicted octanol–water partition coefficient (Wildman–Crippen LogP) is 6.99. The summed E-state index contributed by atoms with van der Waals surface area (Å²) in [7, 11) is 0. The molecule has 0 radical (unpaired) electrons. The number of thiophene rings is 1. The van der Waals surface area contributed by atoms with E-state index >= 15 is 0 Å². The van der Waals surface area contributed by atoms with Gasteiger partial charge in [-0.25, -0.2) is 4.79 Å². The second kappa shape index (κ2) is 13.7. The van der Waals surface area contributed by atoms with Crippen LogP contribution in [0.4, 0.5) is 5.00 Å². The number of benzene rings is 2. The first kappa shape index (κ1) is 28.7. The van der Waals surface area contributed by atoms with Gasteiger partial charge in [-0.05, 0) is 24.6 Å². The third-order valence-corrected chi connectivity index (χ3v) is 7.71. The molecule has 8 nitrogen and oxygen atoms in total. The maximum Gasteiger partial charge on any atom is 0.341 e. The topological polar surface area (TPSA) is 95.3 Å². The van der Waals surface area contributed by atoms with Crippen molar-refractivity contribution in [3.05, 3.63) is 88.0 Å². The number of aromatic nitrogens is 3. The van der Waals surface area contributed by atoms with Crippen LogP contribution in [-0.4, -0.2) is 39.0 Å². The van der Waals surface area contributed by atoms with E-state index in [0.717, 1.165) is 5.56 Å². The summed E-state index contributed by atoms with van der Waals surface area (Å²) in [5.74, 6) is 0.203. The zero-order valence-corrected chi connectivity index (χ0v) is 24.0. The van der Waals surface area contributed by atoms with E-state index < -0.39 is 5.97 Å². The minimum absolute atomic E-state index is 0.0388. The van der Waals surface area contributed by atoms with Crippen molar-refractivity contribution in [1.29, 1.82) is 0 Å². The molecule has 2 aromatic heterocycles. The summed E-state index contributed by atoms with van der Waals surface area (Å²) < 4.78 is 12.9. The lowest BCUT2D eigenvalue weighted by Gasteiger charge is -2.11. The number of carbonyl (C=O) groups is 2. The van der Waals surface area contributed by atoms with Crippen molar-refractivity contribution in [2.24, 2.45) is 0 Å². The Morgan fingerprint density at radius 1 is 1.18 bits per heavy atom. The van der Waals surface area contributed by atoms with Crippen molar-refractivity contribution in [2.75, 3.05) is 17.7 Å². The molecule has 1 amide bonds. The summed E-state index contributed by atoms with van der Waals surface area (Å²) in [6.07, 6.45) is 1.70. The molecule has 202 valence electrons. The smallest absolute Gasteiger partial charge is 0.341 e. The van der Waals surface area contributed by atoms with Gasteiger partial charge in [-0.15, -0.1) is 28.1 Å².